The van der Waals surface area contributed by atoms with Crippen LogP contribution in [0.1, 0.15) is 0 Å². The number of rotatable bonds is 0. The molecule has 0 bridgehead atoms. The van der Waals surface area contributed by atoms with Crippen LogP contribution in [0.25, 0.3) is 0 Å². The minimum atomic E-state index is -5.11. The zero-order valence-corrected chi connectivity index (χ0v) is 8.39. The van der Waals surface area contributed by atoms with Crippen molar-refractivity contribution >= 4 is 41.8 Å². The molecule has 0 aromatic carbocycles. The van der Waals surface area contributed by atoms with E-state index in [4.69, 9.17) is 0 Å². The number of hydrogen-bond donors (Lipinski definition) is 0. The van der Waals surface area contributed by atoms with Gasteiger partial charge in [-0.3, -0.25) is 0 Å². The molecule has 0 aromatic rings. The third-order valence-electron chi connectivity index (χ3n) is 0.321. The summed E-state index contributed by atoms with van der Waals surface area (Å²) in [6.07, 6.45) is 0. The molecule has 0 aromatic heterocycles. The molecule has 0 nitrogen and oxygen atoms in total. The fraction of sp³-hybridized carbons (Fsp3) is 1.00. The molecule has 0 amide bonds. The summed E-state index contributed by atoms with van der Waals surface area (Å²) >= 11 is -5.11. The second-order valence-corrected chi connectivity index (χ2v) is 20.8. The van der Waals surface area contributed by atoms with Gasteiger partial charge in [0.2, 0.25) is 0 Å². The maximum absolute atomic E-state index is 11.3. The minimum absolute atomic E-state index is 4.56. The predicted molar refractivity (Wildman–Crippen MR) is 29.4 cm³/mol. The van der Waals surface area contributed by atoms with Gasteiger partial charge in [0.25, 0.3) is 0 Å². The van der Waals surface area contributed by atoms with E-state index < -0.39 is 19.2 Å². The first-order valence-electron chi connectivity index (χ1n) is 1.38. The van der Waals surface area contributed by atoms with Crippen LogP contribution < -0.4 is 0 Å². The van der Waals surface area contributed by atoms with E-state index in [1.165, 1.54) is 0 Å². The third-order valence-corrected chi connectivity index (χ3v) is 6.47. The van der Waals surface area contributed by atoms with Gasteiger partial charge in [-0.1, -0.05) is 0 Å². The molecule has 0 atom stereocenters. The Balaban J connectivity index is 4.02. The Hall–Kier alpha value is 1.46. The molecular weight excluding hydrogens is 294 g/mol. The van der Waals surface area contributed by atoms with Crippen LogP contribution >= 0.6 is 26.8 Å². The van der Waals surface area contributed by atoms with Crippen LogP contribution in [0, 0.1) is 0 Å². The normalized spacial score (nSPS) is 14.2. The van der Waals surface area contributed by atoms with Crippen molar-refractivity contribution in [3.8, 4) is 0 Å². The van der Waals surface area contributed by atoms with Crippen LogP contribution in [-0.2, 0) is 0 Å². The molecule has 0 radical (unpaired) electrons. The number of hydrogen-bond acceptors (Lipinski definition) is 0. The molecule has 0 saturated carbocycles. The molecule has 0 aliphatic carbocycles. The Labute approximate surface area is 58.9 Å². The Morgan fingerprint density at radius 1 is 1.00 bits per heavy atom. The van der Waals surface area contributed by atoms with Crippen LogP contribution in [0.2, 0.25) is 0 Å². The average Bonchev–Trinajstić information content (AvgIpc) is 1.25. The average molecular weight is 294 g/mol. The van der Waals surface area contributed by atoms with Crippen LogP contribution in [0.15, 0.2) is 0 Å². The Morgan fingerprint density at radius 3 is 1.12 bits per heavy atom. The summed E-state index contributed by atoms with van der Waals surface area (Å²) in [6.45, 7) is 0. The van der Waals surface area contributed by atoms with Crippen molar-refractivity contribution in [3.63, 3.8) is 0 Å². The second-order valence-electron chi connectivity index (χ2n) is 0.996. The summed E-state index contributed by atoms with van der Waals surface area (Å²) in [7, 11) is 13.9. The molecule has 0 heterocycles. The summed E-state index contributed by atoms with van der Waals surface area (Å²) in [4.78, 5) is 0. The molecule has 7 heteroatoms. The van der Waals surface area contributed by atoms with Gasteiger partial charge in [-0.2, -0.15) is 0 Å². The van der Waals surface area contributed by atoms with Crippen LogP contribution in [0.3, 0.4) is 0 Å². The summed E-state index contributed by atoms with van der Waals surface area (Å²) < 4.78 is 29.2. The van der Waals surface area contributed by atoms with Gasteiger partial charge >= 0.3 is 59.1 Å². The zero-order chi connectivity index (χ0) is 7.00. The van der Waals surface area contributed by atoms with Crippen LogP contribution in [-0.4, -0.2) is 19.2 Å². The standard InChI is InChI=1S/CF3.3ClH.Sn/c2-1(3)4;;;;/h;3*1H;/q;;;;+3/p-3. The van der Waals surface area contributed by atoms with E-state index in [1.54, 1.807) is 0 Å². The topological polar surface area (TPSA) is 0 Å². The van der Waals surface area contributed by atoms with Gasteiger partial charge in [-0.05, 0) is 0 Å². The van der Waals surface area contributed by atoms with E-state index in [2.05, 4.69) is 26.8 Å². The Kier molecular flexibility index (Phi) is 3.07. The predicted octanol–water partition coefficient (Wildman–Crippen LogP) is 2.74. The summed E-state index contributed by atoms with van der Waals surface area (Å²) in [5.74, 6) is 0. The molecular formula is CCl3F3Sn. The Morgan fingerprint density at radius 2 is 1.12 bits per heavy atom. The van der Waals surface area contributed by atoms with Crippen molar-refractivity contribution in [2.45, 2.75) is 4.19 Å². The van der Waals surface area contributed by atoms with E-state index in [0.29, 0.717) is 0 Å². The van der Waals surface area contributed by atoms with Gasteiger partial charge in [0.05, 0.1) is 0 Å². The van der Waals surface area contributed by atoms with Crippen molar-refractivity contribution in [2.24, 2.45) is 0 Å². The fourth-order valence-electron chi connectivity index (χ4n) is 0. The van der Waals surface area contributed by atoms with E-state index in [-0.39, 0.29) is 0 Å². The van der Waals surface area contributed by atoms with E-state index in [9.17, 15) is 13.2 Å². The van der Waals surface area contributed by atoms with Gasteiger partial charge in [-0.25, -0.2) is 0 Å². The Bertz CT molecular complexity index is 69.5. The maximum atomic E-state index is 11.3. The first-order chi connectivity index (χ1) is 3.25. The fourth-order valence-corrected chi connectivity index (χ4v) is 0. The van der Waals surface area contributed by atoms with Gasteiger partial charge in [0, 0.05) is 0 Å². The molecule has 0 spiro atoms. The van der Waals surface area contributed by atoms with Crippen molar-refractivity contribution in [3.05, 3.63) is 0 Å². The molecule has 0 aliphatic rings. The zero-order valence-electron chi connectivity index (χ0n) is 3.27. The van der Waals surface area contributed by atoms with Gasteiger partial charge in [0.1, 0.15) is 0 Å². The number of halogens is 6. The SMILES string of the molecule is F[C](F)(F)[Sn]([Cl])([Cl])[Cl]. The van der Waals surface area contributed by atoms with E-state index >= 15 is 0 Å². The van der Waals surface area contributed by atoms with Gasteiger partial charge < -0.3 is 0 Å². The van der Waals surface area contributed by atoms with Crippen molar-refractivity contribution < 1.29 is 13.2 Å². The first-order valence-corrected chi connectivity index (χ1v) is 13.7. The van der Waals surface area contributed by atoms with Crippen molar-refractivity contribution in [2.75, 3.05) is 0 Å². The van der Waals surface area contributed by atoms with Gasteiger partial charge in [0.15, 0.2) is 0 Å². The first kappa shape index (κ1) is 9.46. The summed E-state index contributed by atoms with van der Waals surface area (Å²) in [5.41, 5.74) is 0. The molecule has 8 heavy (non-hydrogen) atoms. The van der Waals surface area contributed by atoms with Crippen LogP contribution in [0.5, 0.6) is 0 Å². The molecule has 50 valence electrons. The second kappa shape index (κ2) is 2.60. The molecule has 0 N–H and O–H groups in total. The summed E-state index contributed by atoms with van der Waals surface area (Å²) in [5, 5.41) is 0. The molecule has 0 fully saturated rings. The van der Waals surface area contributed by atoms with E-state index in [0.717, 1.165) is 0 Å². The molecule has 0 aliphatic heterocycles. The van der Waals surface area contributed by atoms with Crippen LogP contribution in [0.4, 0.5) is 13.2 Å². The molecule has 0 rings (SSSR count). The van der Waals surface area contributed by atoms with E-state index in [1.807, 2.05) is 0 Å². The monoisotopic (exact) mass is 294 g/mol. The number of alkyl halides is 3. The summed E-state index contributed by atoms with van der Waals surface area (Å²) in [6, 6.07) is 0. The van der Waals surface area contributed by atoms with Crippen molar-refractivity contribution in [1.29, 1.82) is 0 Å². The van der Waals surface area contributed by atoms with Gasteiger partial charge in [-0.15, -0.1) is 0 Å². The third kappa shape index (κ3) is 2.84. The quantitative estimate of drug-likeness (QED) is 0.603. The molecule has 0 unspecified atom stereocenters. The van der Waals surface area contributed by atoms with Crippen molar-refractivity contribution in [1.82, 2.24) is 0 Å². The molecule has 0 saturated heterocycles.